The van der Waals surface area contributed by atoms with Crippen molar-refractivity contribution < 1.29 is 9.59 Å². The number of hydrazone groups is 1. The number of carbonyl (C=O) groups is 2. The van der Waals surface area contributed by atoms with Gasteiger partial charge < -0.3 is 4.90 Å². The second kappa shape index (κ2) is 4.01. The molecule has 0 spiro atoms. The van der Waals surface area contributed by atoms with Gasteiger partial charge in [-0.25, -0.2) is 5.01 Å². The van der Waals surface area contributed by atoms with E-state index in [2.05, 4.69) is 5.10 Å². The fourth-order valence-corrected chi connectivity index (χ4v) is 4.09. The molecule has 92 valence electrons. The Balaban J connectivity index is 1.73. The van der Waals surface area contributed by atoms with Gasteiger partial charge in [-0.2, -0.15) is 16.9 Å². The van der Waals surface area contributed by atoms with Crippen LogP contribution >= 0.6 is 11.8 Å². The maximum Gasteiger partial charge on any atom is 0.270 e. The van der Waals surface area contributed by atoms with E-state index in [1.54, 1.807) is 0 Å². The van der Waals surface area contributed by atoms with Crippen LogP contribution in [-0.4, -0.2) is 57.6 Å². The molecule has 3 aliphatic heterocycles. The molecule has 2 amide bonds. The fraction of sp³-hybridized carbons (Fsp3) is 0.727. The van der Waals surface area contributed by atoms with Gasteiger partial charge in [0.15, 0.2) is 0 Å². The average molecular weight is 253 g/mol. The number of hydrogen-bond acceptors (Lipinski definition) is 4. The van der Waals surface area contributed by atoms with Crippen LogP contribution in [0.15, 0.2) is 5.10 Å². The van der Waals surface area contributed by atoms with Crippen molar-refractivity contribution in [1.82, 2.24) is 9.91 Å². The van der Waals surface area contributed by atoms with Crippen molar-refractivity contribution in [2.45, 2.75) is 31.1 Å². The van der Waals surface area contributed by atoms with Crippen molar-refractivity contribution in [2.24, 2.45) is 5.10 Å². The topological polar surface area (TPSA) is 53.0 Å². The molecule has 0 radical (unpaired) electrons. The predicted octanol–water partition coefficient (Wildman–Crippen LogP) is 0.311. The van der Waals surface area contributed by atoms with Gasteiger partial charge in [-0.3, -0.25) is 9.59 Å². The Labute approximate surface area is 104 Å². The molecule has 0 aliphatic carbocycles. The molecule has 2 saturated heterocycles. The lowest BCUT2D eigenvalue weighted by Crippen LogP contribution is -2.42. The zero-order chi connectivity index (χ0) is 12.0. The summed E-state index contributed by atoms with van der Waals surface area (Å²) < 4.78 is 0. The molecule has 6 heteroatoms. The Bertz CT molecular complexity index is 410. The molecular formula is C11H15N3O2S. The fourth-order valence-electron chi connectivity index (χ4n) is 2.65. The first-order valence-electron chi connectivity index (χ1n) is 5.99. The van der Waals surface area contributed by atoms with Gasteiger partial charge in [0, 0.05) is 30.1 Å². The van der Waals surface area contributed by atoms with E-state index in [0.717, 1.165) is 18.7 Å². The third-order valence-corrected chi connectivity index (χ3v) is 4.95. The summed E-state index contributed by atoms with van der Waals surface area (Å²) in [4.78, 5) is 25.7. The highest BCUT2D eigenvalue weighted by Gasteiger charge is 2.43. The number of carbonyl (C=O) groups excluding carboxylic acids is 2. The Morgan fingerprint density at radius 2 is 2.41 bits per heavy atom. The molecule has 17 heavy (non-hydrogen) atoms. The molecule has 0 N–H and O–H groups in total. The molecule has 3 heterocycles. The van der Waals surface area contributed by atoms with Crippen molar-refractivity contribution in [3.63, 3.8) is 0 Å². The third-order valence-electron chi connectivity index (χ3n) is 3.56. The number of nitrogens with zero attached hydrogens (tertiary/aromatic N) is 3. The van der Waals surface area contributed by atoms with Crippen molar-refractivity contribution in [3.8, 4) is 0 Å². The molecule has 0 aromatic carbocycles. The van der Waals surface area contributed by atoms with E-state index in [-0.39, 0.29) is 18.2 Å². The van der Waals surface area contributed by atoms with Gasteiger partial charge in [-0.1, -0.05) is 0 Å². The Morgan fingerprint density at radius 1 is 1.59 bits per heavy atom. The minimum Gasteiger partial charge on any atom is -0.333 e. The molecule has 0 unspecified atom stereocenters. The molecule has 0 aromatic rings. The molecule has 2 bridgehead atoms. The second-order valence-corrected chi connectivity index (χ2v) is 5.97. The number of thioether (sulfide) groups is 1. The SMILES string of the molecule is CCN1N=C(C(=O)N2C[C@@H]3C[C@H]2CS3)CC1=O. The lowest BCUT2D eigenvalue weighted by Gasteiger charge is -2.26. The van der Waals surface area contributed by atoms with Crippen LogP contribution in [-0.2, 0) is 9.59 Å². The van der Waals surface area contributed by atoms with Crippen LogP contribution in [0.1, 0.15) is 19.8 Å². The summed E-state index contributed by atoms with van der Waals surface area (Å²) in [6.45, 7) is 3.23. The van der Waals surface area contributed by atoms with Gasteiger partial charge >= 0.3 is 0 Å². The van der Waals surface area contributed by atoms with Gasteiger partial charge in [-0.15, -0.1) is 0 Å². The Hall–Kier alpha value is -1.04. The molecule has 5 nitrogen and oxygen atoms in total. The molecular weight excluding hydrogens is 238 g/mol. The lowest BCUT2D eigenvalue weighted by molar-refractivity contribution is -0.129. The number of likely N-dealkylation sites (tertiary alicyclic amines) is 1. The monoisotopic (exact) mass is 253 g/mol. The smallest absolute Gasteiger partial charge is 0.270 e. The first kappa shape index (κ1) is 11.1. The highest BCUT2D eigenvalue weighted by Crippen LogP contribution is 2.37. The minimum absolute atomic E-state index is 0.0258. The standard InChI is InChI=1S/C11H15N3O2S/c1-2-14-10(15)4-9(12-14)11(16)13-5-8-3-7(13)6-17-8/h7-8H,2-6H2,1H3/t7-,8-/m0/s1. The number of rotatable bonds is 2. The molecule has 3 rings (SSSR count). The zero-order valence-corrected chi connectivity index (χ0v) is 10.6. The van der Waals surface area contributed by atoms with E-state index in [4.69, 9.17) is 0 Å². The first-order chi connectivity index (χ1) is 8.19. The maximum atomic E-state index is 12.3. The first-order valence-corrected chi connectivity index (χ1v) is 7.04. The molecule has 3 aliphatic rings. The molecule has 0 aromatic heterocycles. The maximum absolute atomic E-state index is 12.3. The van der Waals surface area contributed by atoms with Gasteiger partial charge in [0.25, 0.3) is 5.91 Å². The summed E-state index contributed by atoms with van der Waals surface area (Å²) >= 11 is 1.95. The van der Waals surface area contributed by atoms with E-state index < -0.39 is 0 Å². The zero-order valence-electron chi connectivity index (χ0n) is 9.76. The summed E-state index contributed by atoms with van der Waals surface area (Å²) in [7, 11) is 0. The minimum atomic E-state index is -0.0606. The van der Waals surface area contributed by atoms with Gasteiger partial charge in [0.05, 0.1) is 6.42 Å². The normalized spacial score (nSPS) is 31.4. The molecule has 0 saturated carbocycles. The van der Waals surface area contributed by atoms with Crippen LogP contribution in [0.2, 0.25) is 0 Å². The average Bonchev–Trinajstić information content (AvgIpc) is 3.01. The van der Waals surface area contributed by atoms with E-state index >= 15 is 0 Å². The van der Waals surface area contributed by atoms with E-state index in [1.807, 2.05) is 23.6 Å². The summed E-state index contributed by atoms with van der Waals surface area (Å²) in [5, 5.41) is 6.10. The van der Waals surface area contributed by atoms with Crippen molar-refractivity contribution in [1.29, 1.82) is 0 Å². The Kier molecular flexibility index (Phi) is 2.61. The van der Waals surface area contributed by atoms with E-state index in [9.17, 15) is 9.59 Å². The number of fused-ring (bicyclic) bond motifs is 2. The van der Waals surface area contributed by atoms with E-state index in [0.29, 0.717) is 23.5 Å². The van der Waals surface area contributed by atoms with E-state index in [1.165, 1.54) is 5.01 Å². The van der Waals surface area contributed by atoms with Gasteiger partial charge in [0.1, 0.15) is 5.71 Å². The Morgan fingerprint density at radius 3 is 2.94 bits per heavy atom. The quantitative estimate of drug-likeness (QED) is 0.712. The highest BCUT2D eigenvalue weighted by molar-refractivity contribution is 8.00. The van der Waals surface area contributed by atoms with Crippen LogP contribution < -0.4 is 0 Å². The lowest BCUT2D eigenvalue weighted by atomic mass is 10.2. The summed E-state index contributed by atoms with van der Waals surface area (Å²) in [6.07, 6.45) is 1.28. The largest absolute Gasteiger partial charge is 0.333 e. The predicted molar refractivity (Wildman–Crippen MR) is 65.8 cm³/mol. The van der Waals surface area contributed by atoms with Gasteiger partial charge in [-0.05, 0) is 13.3 Å². The van der Waals surface area contributed by atoms with Crippen molar-refractivity contribution in [3.05, 3.63) is 0 Å². The van der Waals surface area contributed by atoms with Crippen molar-refractivity contribution in [2.75, 3.05) is 18.8 Å². The van der Waals surface area contributed by atoms with Crippen LogP contribution in [0.4, 0.5) is 0 Å². The van der Waals surface area contributed by atoms with Crippen molar-refractivity contribution >= 4 is 29.3 Å². The second-order valence-electron chi connectivity index (χ2n) is 4.64. The number of amides is 2. The number of hydrogen-bond donors (Lipinski definition) is 0. The molecule has 2 fully saturated rings. The van der Waals surface area contributed by atoms with Crippen LogP contribution in [0.3, 0.4) is 0 Å². The van der Waals surface area contributed by atoms with Crippen LogP contribution in [0, 0.1) is 0 Å². The van der Waals surface area contributed by atoms with Crippen LogP contribution in [0.5, 0.6) is 0 Å². The van der Waals surface area contributed by atoms with Gasteiger partial charge in [0.2, 0.25) is 5.91 Å². The molecule has 2 atom stereocenters. The highest BCUT2D eigenvalue weighted by atomic mass is 32.2. The summed E-state index contributed by atoms with van der Waals surface area (Å²) in [5.41, 5.74) is 0.425. The third kappa shape index (κ3) is 1.74. The summed E-state index contributed by atoms with van der Waals surface area (Å²) in [5.74, 6) is 0.950. The van der Waals surface area contributed by atoms with Crippen LogP contribution in [0.25, 0.3) is 0 Å². The summed E-state index contributed by atoms with van der Waals surface area (Å²) in [6, 6.07) is 0.367.